The molecule has 0 aliphatic carbocycles. The molecule has 0 bridgehead atoms. The summed E-state index contributed by atoms with van der Waals surface area (Å²) in [5, 5.41) is 6.31. The van der Waals surface area contributed by atoms with Gasteiger partial charge in [-0.15, -0.1) is 0 Å². The first-order valence-electron chi connectivity index (χ1n) is 4.90. The molecule has 1 spiro atoms. The van der Waals surface area contributed by atoms with Crippen LogP contribution >= 0.6 is 11.6 Å². The van der Waals surface area contributed by atoms with E-state index < -0.39 is 29.2 Å². The van der Waals surface area contributed by atoms with Gasteiger partial charge in [-0.2, -0.15) is 0 Å². The van der Waals surface area contributed by atoms with Crippen LogP contribution in [-0.2, 0) is 15.1 Å². The average molecular weight is 270 g/mol. The van der Waals surface area contributed by atoms with Crippen LogP contribution in [0, 0.1) is 5.82 Å². The predicted molar refractivity (Wildman–Crippen MR) is 58.4 cm³/mol. The van der Waals surface area contributed by atoms with Crippen LogP contribution in [0.4, 0.5) is 14.9 Å². The highest BCUT2D eigenvalue weighted by atomic mass is 35.5. The van der Waals surface area contributed by atoms with Crippen LogP contribution in [0.25, 0.3) is 0 Å². The third-order valence-corrected chi connectivity index (χ3v) is 3.21. The standard InChI is InChI=1S/C10H5ClFN3O3/c11-4-1-3-6(2-5(4)12)13-7(16)10(3)8(17)14-9(18)15-10/h1-2H,(H,13,16)(H2,14,15,17,18). The second-order valence-corrected chi connectivity index (χ2v) is 4.33. The lowest BCUT2D eigenvalue weighted by Gasteiger charge is -2.17. The predicted octanol–water partition coefficient (Wildman–Crippen LogP) is 0.466. The molecular formula is C10H5ClFN3O3. The van der Waals surface area contributed by atoms with Gasteiger partial charge in [0.15, 0.2) is 0 Å². The smallest absolute Gasteiger partial charge is 0.323 e. The fraction of sp³-hybridized carbons (Fsp3) is 0.100. The Hall–Kier alpha value is -2.15. The zero-order valence-electron chi connectivity index (χ0n) is 8.64. The summed E-state index contributed by atoms with van der Waals surface area (Å²) in [6.07, 6.45) is 0. The lowest BCUT2D eigenvalue weighted by atomic mass is 9.91. The van der Waals surface area contributed by atoms with Gasteiger partial charge in [0.25, 0.3) is 11.8 Å². The molecule has 3 rings (SSSR count). The Kier molecular flexibility index (Phi) is 1.95. The molecule has 0 radical (unpaired) electrons. The lowest BCUT2D eigenvalue weighted by molar-refractivity contribution is -0.132. The normalized spacial score (nSPS) is 24.9. The molecule has 2 aliphatic heterocycles. The number of hydrogen-bond donors (Lipinski definition) is 3. The van der Waals surface area contributed by atoms with Crippen molar-refractivity contribution < 1.29 is 18.8 Å². The van der Waals surface area contributed by atoms with Crippen molar-refractivity contribution in [3.05, 3.63) is 28.5 Å². The quantitative estimate of drug-likeness (QED) is 0.472. The van der Waals surface area contributed by atoms with Crippen molar-refractivity contribution in [3.63, 3.8) is 0 Å². The summed E-state index contributed by atoms with van der Waals surface area (Å²) < 4.78 is 13.3. The Morgan fingerprint density at radius 3 is 2.39 bits per heavy atom. The van der Waals surface area contributed by atoms with Crippen molar-refractivity contribution in [2.45, 2.75) is 5.54 Å². The van der Waals surface area contributed by atoms with E-state index in [-0.39, 0.29) is 16.3 Å². The van der Waals surface area contributed by atoms with Crippen molar-refractivity contribution in [1.82, 2.24) is 10.6 Å². The monoisotopic (exact) mass is 269 g/mol. The Labute approximate surface area is 104 Å². The van der Waals surface area contributed by atoms with Crippen molar-refractivity contribution in [3.8, 4) is 0 Å². The number of rotatable bonds is 0. The van der Waals surface area contributed by atoms with Gasteiger partial charge in [-0.05, 0) is 12.1 Å². The number of fused-ring (bicyclic) bond motifs is 2. The number of amides is 4. The number of anilines is 1. The first-order valence-corrected chi connectivity index (χ1v) is 5.27. The fourth-order valence-electron chi connectivity index (χ4n) is 2.10. The first-order chi connectivity index (χ1) is 8.45. The van der Waals surface area contributed by atoms with Crippen LogP contribution in [0.3, 0.4) is 0 Å². The van der Waals surface area contributed by atoms with Crippen LogP contribution in [0.2, 0.25) is 5.02 Å². The summed E-state index contributed by atoms with van der Waals surface area (Å²) in [7, 11) is 0. The molecule has 1 saturated heterocycles. The SMILES string of the molecule is O=C1NC(=O)C2(N1)C(=O)Nc1cc(F)c(Cl)cc12. The molecule has 1 aromatic rings. The summed E-state index contributed by atoms with van der Waals surface area (Å²) >= 11 is 5.63. The van der Waals surface area contributed by atoms with Gasteiger partial charge in [-0.3, -0.25) is 14.9 Å². The molecule has 0 saturated carbocycles. The van der Waals surface area contributed by atoms with E-state index in [1.54, 1.807) is 0 Å². The van der Waals surface area contributed by atoms with Crippen molar-refractivity contribution in [1.29, 1.82) is 0 Å². The van der Waals surface area contributed by atoms with E-state index in [0.717, 1.165) is 12.1 Å². The lowest BCUT2D eigenvalue weighted by Crippen LogP contribution is -2.49. The molecule has 92 valence electrons. The minimum absolute atomic E-state index is 0.110. The summed E-state index contributed by atoms with van der Waals surface area (Å²) in [5.41, 5.74) is -1.62. The number of halogens is 2. The second-order valence-electron chi connectivity index (χ2n) is 3.92. The minimum Gasteiger partial charge on any atom is -0.323 e. The van der Waals surface area contributed by atoms with E-state index in [4.69, 9.17) is 11.6 Å². The number of hydrogen-bond acceptors (Lipinski definition) is 3. The number of imide groups is 1. The van der Waals surface area contributed by atoms with E-state index >= 15 is 0 Å². The van der Waals surface area contributed by atoms with E-state index in [0.29, 0.717) is 0 Å². The molecule has 2 heterocycles. The topological polar surface area (TPSA) is 87.3 Å². The summed E-state index contributed by atoms with van der Waals surface area (Å²) in [6.45, 7) is 0. The summed E-state index contributed by atoms with van der Waals surface area (Å²) in [5.74, 6) is -2.29. The van der Waals surface area contributed by atoms with E-state index in [1.807, 2.05) is 5.32 Å². The van der Waals surface area contributed by atoms with Crippen LogP contribution < -0.4 is 16.0 Å². The molecule has 4 amide bonds. The number of nitrogens with one attached hydrogen (secondary N) is 3. The Bertz CT molecular complexity index is 633. The minimum atomic E-state index is -1.86. The number of urea groups is 1. The molecule has 1 fully saturated rings. The molecular weight excluding hydrogens is 265 g/mol. The largest absolute Gasteiger partial charge is 0.323 e. The van der Waals surface area contributed by atoms with Gasteiger partial charge in [0.05, 0.1) is 10.7 Å². The van der Waals surface area contributed by atoms with Gasteiger partial charge in [0.1, 0.15) is 5.82 Å². The van der Waals surface area contributed by atoms with E-state index in [9.17, 15) is 18.8 Å². The fourth-order valence-corrected chi connectivity index (χ4v) is 2.27. The average Bonchev–Trinajstić information content (AvgIpc) is 2.71. The van der Waals surface area contributed by atoms with Crippen LogP contribution in [-0.4, -0.2) is 17.8 Å². The van der Waals surface area contributed by atoms with Gasteiger partial charge < -0.3 is 10.6 Å². The number of benzene rings is 1. The summed E-state index contributed by atoms with van der Waals surface area (Å²) in [6, 6.07) is 1.36. The molecule has 1 atom stereocenters. The molecule has 0 aromatic heterocycles. The van der Waals surface area contributed by atoms with Crippen molar-refractivity contribution in [2.24, 2.45) is 0 Å². The second kappa shape index (κ2) is 3.20. The van der Waals surface area contributed by atoms with Gasteiger partial charge in [0, 0.05) is 5.56 Å². The highest BCUT2D eigenvalue weighted by Gasteiger charge is 2.58. The molecule has 1 aromatic carbocycles. The molecule has 2 aliphatic rings. The third kappa shape index (κ3) is 1.14. The van der Waals surface area contributed by atoms with Gasteiger partial charge in [-0.25, -0.2) is 9.18 Å². The molecule has 1 unspecified atom stereocenters. The van der Waals surface area contributed by atoms with Crippen LogP contribution in [0.1, 0.15) is 5.56 Å². The number of carbonyl (C=O) groups excluding carboxylic acids is 3. The molecule has 18 heavy (non-hydrogen) atoms. The Balaban J connectivity index is 2.27. The van der Waals surface area contributed by atoms with E-state index in [2.05, 4.69) is 10.6 Å². The van der Waals surface area contributed by atoms with Gasteiger partial charge >= 0.3 is 6.03 Å². The third-order valence-electron chi connectivity index (χ3n) is 2.92. The van der Waals surface area contributed by atoms with Gasteiger partial charge in [-0.1, -0.05) is 11.6 Å². The zero-order valence-corrected chi connectivity index (χ0v) is 9.39. The molecule has 8 heteroatoms. The highest BCUT2D eigenvalue weighted by Crippen LogP contribution is 2.40. The Morgan fingerprint density at radius 2 is 1.78 bits per heavy atom. The maximum absolute atomic E-state index is 13.3. The molecule has 3 N–H and O–H groups in total. The van der Waals surface area contributed by atoms with E-state index in [1.165, 1.54) is 0 Å². The van der Waals surface area contributed by atoms with Gasteiger partial charge in [0.2, 0.25) is 5.54 Å². The molecule has 6 nitrogen and oxygen atoms in total. The van der Waals surface area contributed by atoms with Crippen molar-refractivity contribution >= 4 is 35.1 Å². The zero-order chi connectivity index (χ0) is 13.1. The first kappa shape index (κ1) is 11.0. The Morgan fingerprint density at radius 1 is 1.11 bits per heavy atom. The maximum Gasteiger partial charge on any atom is 0.323 e. The highest BCUT2D eigenvalue weighted by molar-refractivity contribution is 6.32. The van der Waals surface area contributed by atoms with Crippen molar-refractivity contribution in [2.75, 3.05) is 5.32 Å². The number of carbonyl (C=O) groups is 3. The summed E-state index contributed by atoms with van der Waals surface area (Å²) in [4.78, 5) is 34.9. The van der Waals surface area contributed by atoms with Crippen LogP contribution in [0.15, 0.2) is 12.1 Å². The van der Waals surface area contributed by atoms with Crippen LogP contribution in [0.5, 0.6) is 0 Å². The maximum atomic E-state index is 13.3.